The maximum absolute atomic E-state index is 5.95. The van der Waals surface area contributed by atoms with E-state index in [1.165, 1.54) is 0 Å². The van der Waals surface area contributed by atoms with Crippen molar-refractivity contribution in [2.45, 2.75) is 6.54 Å². The van der Waals surface area contributed by atoms with Gasteiger partial charge >= 0.3 is 0 Å². The predicted octanol–water partition coefficient (Wildman–Crippen LogP) is 1.99. The van der Waals surface area contributed by atoms with Crippen molar-refractivity contribution in [1.29, 1.82) is 0 Å². The van der Waals surface area contributed by atoms with Crippen LogP contribution in [0.5, 0.6) is 0 Å². The van der Waals surface area contributed by atoms with Gasteiger partial charge in [-0.3, -0.25) is 4.40 Å². The lowest BCUT2D eigenvalue weighted by atomic mass is 10.2. The Labute approximate surface area is 96.6 Å². The first kappa shape index (κ1) is 9.57. The summed E-state index contributed by atoms with van der Waals surface area (Å²) >= 11 is 5.95. The van der Waals surface area contributed by atoms with Crippen LogP contribution < -0.4 is 5.73 Å². The molecule has 0 bridgehead atoms. The molecule has 2 heterocycles. The quantitative estimate of drug-likeness (QED) is 0.698. The molecule has 16 heavy (non-hydrogen) atoms. The van der Waals surface area contributed by atoms with E-state index in [2.05, 4.69) is 10.2 Å². The number of nitrogens with zero attached hydrogens (tertiary/aromatic N) is 3. The Morgan fingerprint density at radius 2 is 2.06 bits per heavy atom. The molecule has 2 aromatic heterocycles. The molecule has 0 atom stereocenters. The van der Waals surface area contributed by atoms with E-state index in [1.807, 2.05) is 34.7 Å². The van der Waals surface area contributed by atoms with Crippen LogP contribution in [0.3, 0.4) is 0 Å². The maximum atomic E-state index is 5.95. The molecule has 0 fully saturated rings. The number of aromatic nitrogens is 3. The zero-order chi connectivity index (χ0) is 11.1. The van der Waals surface area contributed by atoms with Gasteiger partial charge in [0.1, 0.15) is 0 Å². The summed E-state index contributed by atoms with van der Waals surface area (Å²) in [6.45, 7) is 0.364. The second-order valence-corrected chi connectivity index (χ2v) is 3.99. The average molecular weight is 233 g/mol. The Kier molecular flexibility index (Phi) is 2.05. The van der Waals surface area contributed by atoms with E-state index in [4.69, 9.17) is 17.3 Å². The van der Waals surface area contributed by atoms with Crippen molar-refractivity contribution >= 4 is 28.2 Å². The molecule has 0 amide bonds. The summed E-state index contributed by atoms with van der Waals surface area (Å²) < 4.78 is 1.95. The second kappa shape index (κ2) is 3.43. The molecular weight excluding hydrogens is 224 g/mol. The summed E-state index contributed by atoms with van der Waals surface area (Å²) in [4.78, 5) is 0. The van der Waals surface area contributed by atoms with Crippen molar-refractivity contribution in [3.63, 3.8) is 0 Å². The number of nitrogens with two attached hydrogens (primary N) is 1. The molecular formula is C11H9ClN4. The number of hydrogen-bond acceptors (Lipinski definition) is 3. The summed E-state index contributed by atoms with van der Waals surface area (Å²) in [5.41, 5.74) is 7.45. The highest BCUT2D eigenvalue weighted by Gasteiger charge is 2.07. The fourth-order valence-corrected chi connectivity index (χ4v) is 2.04. The largest absolute Gasteiger partial charge is 0.324 e. The van der Waals surface area contributed by atoms with E-state index < -0.39 is 0 Å². The first-order valence-electron chi connectivity index (χ1n) is 4.92. The average Bonchev–Trinajstić information content (AvgIpc) is 2.71. The molecule has 1 aromatic carbocycles. The Morgan fingerprint density at radius 3 is 2.88 bits per heavy atom. The molecule has 0 radical (unpaired) electrons. The minimum absolute atomic E-state index is 0.364. The van der Waals surface area contributed by atoms with Gasteiger partial charge in [-0.15, -0.1) is 10.2 Å². The van der Waals surface area contributed by atoms with Gasteiger partial charge in [0, 0.05) is 10.4 Å². The van der Waals surface area contributed by atoms with E-state index in [0.717, 1.165) is 22.4 Å². The van der Waals surface area contributed by atoms with E-state index >= 15 is 0 Å². The molecule has 0 aliphatic heterocycles. The third kappa shape index (κ3) is 1.27. The van der Waals surface area contributed by atoms with Crippen molar-refractivity contribution in [3.8, 4) is 0 Å². The fourth-order valence-electron chi connectivity index (χ4n) is 1.86. The molecule has 2 N–H and O–H groups in total. The van der Waals surface area contributed by atoms with Crippen LogP contribution in [0.4, 0.5) is 0 Å². The first-order chi connectivity index (χ1) is 7.79. The van der Waals surface area contributed by atoms with E-state index in [1.54, 1.807) is 0 Å². The van der Waals surface area contributed by atoms with Crippen LogP contribution in [0.1, 0.15) is 5.82 Å². The topological polar surface area (TPSA) is 56.2 Å². The summed E-state index contributed by atoms with van der Waals surface area (Å²) in [5, 5.41) is 9.87. The lowest BCUT2D eigenvalue weighted by Crippen LogP contribution is -2.03. The van der Waals surface area contributed by atoms with Gasteiger partial charge in [0.15, 0.2) is 11.5 Å². The van der Waals surface area contributed by atoms with Crippen molar-refractivity contribution in [2.24, 2.45) is 5.73 Å². The number of rotatable bonds is 1. The minimum Gasteiger partial charge on any atom is -0.324 e. The van der Waals surface area contributed by atoms with Crippen molar-refractivity contribution in [2.75, 3.05) is 0 Å². The van der Waals surface area contributed by atoms with Gasteiger partial charge in [-0.25, -0.2) is 0 Å². The molecule has 3 aromatic rings. The Hall–Kier alpha value is -1.65. The van der Waals surface area contributed by atoms with Crippen LogP contribution in [-0.2, 0) is 6.54 Å². The number of benzene rings is 1. The van der Waals surface area contributed by atoms with E-state index in [0.29, 0.717) is 11.6 Å². The third-order valence-corrected chi connectivity index (χ3v) is 2.82. The zero-order valence-electron chi connectivity index (χ0n) is 8.39. The summed E-state index contributed by atoms with van der Waals surface area (Å²) in [6.07, 6.45) is 0. The summed E-state index contributed by atoms with van der Waals surface area (Å²) in [6, 6.07) is 9.60. The molecule has 80 valence electrons. The SMILES string of the molecule is NCc1nnc2ccc3cc(Cl)ccc3n12. The molecule has 3 rings (SSSR count). The normalized spacial score (nSPS) is 11.4. The van der Waals surface area contributed by atoms with Crippen LogP contribution in [0.15, 0.2) is 30.3 Å². The second-order valence-electron chi connectivity index (χ2n) is 3.55. The Bertz CT molecular complexity index is 674. The van der Waals surface area contributed by atoms with Crippen LogP contribution in [0, 0.1) is 0 Å². The highest BCUT2D eigenvalue weighted by Crippen LogP contribution is 2.21. The molecule has 0 aliphatic carbocycles. The molecule has 0 saturated carbocycles. The molecule has 0 saturated heterocycles. The standard InChI is InChI=1S/C11H9ClN4/c12-8-2-3-9-7(5-8)1-4-10-14-15-11(6-13)16(9)10/h1-5H,6,13H2. The van der Waals surface area contributed by atoms with E-state index in [9.17, 15) is 0 Å². The monoisotopic (exact) mass is 232 g/mol. The van der Waals surface area contributed by atoms with Gasteiger partial charge in [-0.1, -0.05) is 11.6 Å². The minimum atomic E-state index is 0.364. The summed E-state index contributed by atoms with van der Waals surface area (Å²) in [5.74, 6) is 0.753. The molecule has 0 unspecified atom stereocenters. The highest BCUT2D eigenvalue weighted by atomic mass is 35.5. The van der Waals surface area contributed by atoms with Crippen molar-refractivity contribution in [3.05, 3.63) is 41.2 Å². The zero-order valence-corrected chi connectivity index (χ0v) is 9.15. The van der Waals surface area contributed by atoms with Crippen molar-refractivity contribution < 1.29 is 0 Å². The maximum Gasteiger partial charge on any atom is 0.161 e. The lowest BCUT2D eigenvalue weighted by molar-refractivity contribution is 0.894. The van der Waals surface area contributed by atoms with Crippen LogP contribution >= 0.6 is 11.6 Å². The highest BCUT2D eigenvalue weighted by molar-refractivity contribution is 6.31. The van der Waals surface area contributed by atoms with Gasteiger partial charge in [0.25, 0.3) is 0 Å². The van der Waals surface area contributed by atoms with Gasteiger partial charge in [0.05, 0.1) is 12.1 Å². The van der Waals surface area contributed by atoms with Crippen molar-refractivity contribution in [1.82, 2.24) is 14.6 Å². The van der Waals surface area contributed by atoms with Gasteiger partial charge in [-0.2, -0.15) is 0 Å². The summed E-state index contributed by atoms with van der Waals surface area (Å²) in [7, 11) is 0. The fraction of sp³-hybridized carbons (Fsp3) is 0.0909. The van der Waals surface area contributed by atoms with Crippen LogP contribution in [0.25, 0.3) is 16.6 Å². The number of pyridine rings is 1. The Morgan fingerprint density at radius 1 is 1.19 bits per heavy atom. The number of hydrogen-bond donors (Lipinski definition) is 1. The number of halogens is 1. The van der Waals surface area contributed by atoms with Gasteiger partial charge < -0.3 is 5.73 Å². The lowest BCUT2D eigenvalue weighted by Gasteiger charge is -2.03. The smallest absolute Gasteiger partial charge is 0.161 e. The molecule has 4 nitrogen and oxygen atoms in total. The third-order valence-electron chi connectivity index (χ3n) is 2.58. The molecule has 0 aliphatic rings. The van der Waals surface area contributed by atoms with Crippen LogP contribution in [-0.4, -0.2) is 14.6 Å². The van der Waals surface area contributed by atoms with Gasteiger partial charge in [0.2, 0.25) is 0 Å². The molecule has 0 spiro atoms. The predicted molar refractivity (Wildman–Crippen MR) is 63.4 cm³/mol. The first-order valence-corrected chi connectivity index (χ1v) is 5.30. The number of fused-ring (bicyclic) bond motifs is 3. The van der Waals surface area contributed by atoms with Gasteiger partial charge in [-0.05, 0) is 30.3 Å². The van der Waals surface area contributed by atoms with E-state index in [-0.39, 0.29) is 0 Å². The van der Waals surface area contributed by atoms with Crippen LogP contribution in [0.2, 0.25) is 5.02 Å². The molecule has 5 heteroatoms. The Balaban J connectivity index is 2.51.